The molecule has 0 heterocycles. The zero-order chi connectivity index (χ0) is 12.8. The molecule has 1 atom stereocenters. The zero-order valence-corrected chi connectivity index (χ0v) is 9.82. The molecule has 90 valence electrons. The van der Waals surface area contributed by atoms with Crippen LogP contribution in [0.25, 0.3) is 0 Å². The van der Waals surface area contributed by atoms with Gasteiger partial charge in [-0.3, -0.25) is 4.79 Å². The van der Waals surface area contributed by atoms with Crippen molar-refractivity contribution in [3.05, 3.63) is 34.9 Å². The van der Waals surface area contributed by atoms with Gasteiger partial charge >= 0.3 is 5.97 Å². The highest BCUT2D eigenvalue weighted by Crippen LogP contribution is 2.27. The minimum Gasteiger partial charge on any atom is -0.478 e. The maximum Gasteiger partial charge on any atom is 0.335 e. The smallest absolute Gasteiger partial charge is 0.335 e. The van der Waals surface area contributed by atoms with Gasteiger partial charge in [-0.2, -0.15) is 0 Å². The fraction of sp³-hybridized carbons (Fsp3) is 0.273. The van der Waals surface area contributed by atoms with Gasteiger partial charge in [0, 0.05) is 11.8 Å². The summed E-state index contributed by atoms with van der Waals surface area (Å²) in [5, 5.41) is 7.74. The molecule has 1 N–H and O–H groups in total. The third kappa shape index (κ3) is 1.95. The number of aromatic carboxylic acids is 1. The summed E-state index contributed by atoms with van der Waals surface area (Å²) in [4.78, 5) is 22.6. The molecule has 1 aromatic carbocycles. The summed E-state index contributed by atoms with van der Waals surface area (Å²) in [5.41, 5.74) is 0.862. The largest absolute Gasteiger partial charge is 0.478 e. The number of rotatable bonds is 2. The predicted octanol–water partition coefficient (Wildman–Crippen LogP) is 0.537. The highest BCUT2D eigenvalue weighted by atomic mass is 32.2. The van der Waals surface area contributed by atoms with E-state index in [0.717, 1.165) is 6.26 Å². The number of fused-ring (bicyclic) bond motifs is 1. The number of hydrogen-bond donors (Lipinski definition) is 1. The van der Waals surface area contributed by atoms with Crippen LogP contribution in [0.1, 0.15) is 26.3 Å². The maximum absolute atomic E-state index is 11.8. The fourth-order valence-corrected chi connectivity index (χ4v) is 2.95. The summed E-state index contributed by atoms with van der Waals surface area (Å²) < 4.78 is 22.8. The Morgan fingerprint density at radius 1 is 1.41 bits per heavy atom. The minimum absolute atomic E-state index is 0.0608. The van der Waals surface area contributed by atoms with Crippen molar-refractivity contribution in [1.82, 2.24) is 0 Å². The Bertz CT molecular complexity index is 615. The molecule has 0 saturated heterocycles. The Morgan fingerprint density at radius 3 is 2.59 bits per heavy atom. The van der Waals surface area contributed by atoms with E-state index in [-0.39, 0.29) is 12.0 Å². The third-order valence-corrected chi connectivity index (χ3v) is 4.25. The molecule has 0 radical (unpaired) electrons. The third-order valence-electron chi connectivity index (χ3n) is 2.83. The second kappa shape index (κ2) is 3.66. The molecule has 1 unspecified atom stereocenters. The van der Waals surface area contributed by atoms with Crippen molar-refractivity contribution in [1.29, 1.82) is 0 Å². The van der Waals surface area contributed by atoms with E-state index in [1.807, 2.05) is 0 Å². The number of Topliss-reactive ketones (excluding diaryl/α,β-unsaturated/α-hetero) is 1. The van der Waals surface area contributed by atoms with Crippen molar-refractivity contribution in [2.45, 2.75) is 11.7 Å². The Labute approximate surface area is 98.0 Å². The van der Waals surface area contributed by atoms with E-state index < -0.39 is 26.8 Å². The van der Waals surface area contributed by atoms with E-state index in [4.69, 9.17) is 5.11 Å². The maximum atomic E-state index is 11.8. The molecular weight excluding hydrogens is 244 g/mol. The lowest BCUT2D eigenvalue weighted by Gasteiger charge is -2.03. The van der Waals surface area contributed by atoms with Gasteiger partial charge in [0.15, 0.2) is 15.6 Å². The van der Waals surface area contributed by atoms with Gasteiger partial charge in [-0.05, 0) is 24.1 Å². The van der Waals surface area contributed by atoms with E-state index in [2.05, 4.69) is 0 Å². The number of hydrogen-bond acceptors (Lipinski definition) is 4. The van der Waals surface area contributed by atoms with Gasteiger partial charge in [0.2, 0.25) is 0 Å². The first-order valence-electron chi connectivity index (χ1n) is 4.90. The van der Waals surface area contributed by atoms with Crippen molar-refractivity contribution in [2.24, 2.45) is 0 Å². The van der Waals surface area contributed by atoms with Crippen LogP contribution < -0.4 is 0 Å². The Kier molecular flexibility index (Phi) is 2.54. The van der Waals surface area contributed by atoms with E-state index in [1.165, 1.54) is 18.2 Å². The van der Waals surface area contributed by atoms with Crippen LogP contribution in [-0.4, -0.2) is 36.8 Å². The molecule has 0 amide bonds. The minimum atomic E-state index is -3.45. The number of carbonyl (C=O) groups excluding carboxylic acids is 1. The van der Waals surface area contributed by atoms with Crippen LogP contribution in [-0.2, 0) is 16.3 Å². The standard InChI is InChI=1S/C11H10O5S/c1-17(15,16)9-5-7-4-6(11(13)14)2-3-8(7)10(9)12/h2-4,9H,5H2,1H3,(H,13,14). The monoisotopic (exact) mass is 254 g/mol. The van der Waals surface area contributed by atoms with Gasteiger partial charge in [-0.1, -0.05) is 6.07 Å². The number of sulfone groups is 1. The molecule has 0 spiro atoms. The summed E-state index contributed by atoms with van der Waals surface area (Å²) in [7, 11) is -3.45. The molecule has 1 aliphatic rings. The lowest BCUT2D eigenvalue weighted by atomic mass is 10.1. The second-order valence-electron chi connectivity index (χ2n) is 4.06. The summed E-state index contributed by atoms with van der Waals surface area (Å²) in [5.74, 6) is -1.54. The average Bonchev–Trinajstić information content (AvgIpc) is 2.55. The molecule has 0 aliphatic heterocycles. The topological polar surface area (TPSA) is 88.5 Å². The van der Waals surface area contributed by atoms with Crippen LogP contribution in [0.5, 0.6) is 0 Å². The van der Waals surface area contributed by atoms with Crippen LogP contribution >= 0.6 is 0 Å². The molecule has 0 saturated carbocycles. The summed E-state index contributed by atoms with van der Waals surface area (Å²) in [6.07, 6.45) is 1.08. The van der Waals surface area contributed by atoms with Gasteiger partial charge in [0.05, 0.1) is 5.56 Å². The van der Waals surface area contributed by atoms with Gasteiger partial charge in [0.1, 0.15) is 5.25 Å². The fourth-order valence-electron chi connectivity index (χ4n) is 1.95. The van der Waals surface area contributed by atoms with Crippen molar-refractivity contribution >= 4 is 21.6 Å². The first-order valence-corrected chi connectivity index (χ1v) is 6.85. The van der Waals surface area contributed by atoms with Crippen LogP contribution in [0.2, 0.25) is 0 Å². The predicted molar refractivity (Wildman–Crippen MR) is 60.1 cm³/mol. The van der Waals surface area contributed by atoms with Crippen molar-refractivity contribution in [3.8, 4) is 0 Å². The number of benzene rings is 1. The zero-order valence-electron chi connectivity index (χ0n) is 9.00. The molecule has 0 bridgehead atoms. The highest BCUT2D eigenvalue weighted by molar-refractivity contribution is 7.92. The van der Waals surface area contributed by atoms with Crippen molar-refractivity contribution < 1.29 is 23.1 Å². The lowest BCUT2D eigenvalue weighted by molar-refractivity contribution is 0.0696. The van der Waals surface area contributed by atoms with Crippen LogP contribution in [0.3, 0.4) is 0 Å². The van der Waals surface area contributed by atoms with Crippen molar-refractivity contribution in [2.75, 3.05) is 6.26 Å². The summed E-state index contributed by atoms with van der Waals surface area (Å²) in [6.45, 7) is 0. The first-order chi connectivity index (χ1) is 7.80. The van der Waals surface area contributed by atoms with Gasteiger partial charge in [0.25, 0.3) is 0 Å². The Balaban J connectivity index is 2.49. The quantitative estimate of drug-likeness (QED) is 0.832. The molecular formula is C11H10O5S. The highest BCUT2D eigenvalue weighted by Gasteiger charge is 2.37. The first kappa shape index (κ1) is 11.8. The number of carboxylic acids is 1. The van der Waals surface area contributed by atoms with Gasteiger partial charge < -0.3 is 5.11 Å². The van der Waals surface area contributed by atoms with Crippen LogP contribution in [0.4, 0.5) is 0 Å². The number of carboxylic acid groups (broad SMARTS) is 1. The second-order valence-corrected chi connectivity index (χ2v) is 6.29. The Hall–Kier alpha value is -1.69. The molecule has 17 heavy (non-hydrogen) atoms. The molecule has 6 heteroatoms. The van der Waals surface area contributed by atoms with Crippen LogP contribution in [0.15, 0.2) is 18.2 Å². The molecule has 1 aromatic rings. The normalized spacial score (nSPS) is 19.1. The SMILES string of the molecule is CS(=O)(=O)C1Cc2cc(C(=O)O)ccc2C1=O. The van der Waals surface area contributed by atoms with E-state index in [0.29, 0.717) is 11.1 Å². The molecule has 0 aromatic heterocycles. The summed E-state index contributed by atoms with van der Waals surface area (Å²) >= 11 is 0. The molecule has 5 nitrogen and oxygen atoms in total. The van der Waals surface area contributed by atoms with E-state index in [9.17, 15) is 18.0 Å². The summed E-state index contributed by atoms with van der Waals surface area (Å²) in [6, 6.07) is 4.05. The number of ketones is 1. The molecule has 0 fully saturated rings. The number of carbonyl (C=O) groups is 2. The van der Waals surface area contributed by atoms with Crippen LogP contribution in [0, 0.1) is 0 Å². The Morgan fingerprint density at radius 2 is 2.06 bits per heavy atom. The van der Waals surface area contributed by atoms with E-state index in [1.54, 1.807) is 0 Å². The van der Waals surface area contributed by atoms with Gasteiger partial charge in [-0.15, -0.1) is 0 Å². The average molecular weight is 254 g/mol. The van der Waals surface area contributed by atoms with E-state index >= 15 is 0 Å². The lowest BCUT2D eigenvalue weighted by Crippen LogP contribution is -2.26. The van der Waals surface area contributed by atoms with Crippen molar-refractivity contribution in [3.63, 3.8) is 0 Å². The molecule has 1 aliphatic carbocycles. The van der Waals surface area contributed by atoms with Gasteiger partial charge in [-0.25, -0.2) is 13.2 Å². The molecule has 2 rings (SSSR count).